The molecule has 0 aliphatic rings. The molecule has 1 rings (SSSR count). The van der Waals surface area contributed by atoms with Crippen molar-refractivity contribution in [2.24, 2.45) is 0 Å². The quantitative estimate of drug-likeness (QED) is 0.673. The monoisotopic (exact) mass is 316 g/mol. The molecule has 4 N–H and O–H groups in total. The molecule has 0 aliphatic carbocycles. The highest BCUT2D eigenvalue weighted by Crippen LogP contribution is 2.20. The Hall–Kier alpha value is -1.60. The number of carbonyl (C=O) groups excluding carboxylic acids is 1. The van der Waals surface area contributed by atoms with E-state index in [0.29, 0.717) is 5.69 Å². The Bertz CT molecular complexity index is 464. The lowest BCUT2D eigenvalue weighted by molar-refractivity contribution is -0.140. The van der Waals surface area contributed by atoms with E-state index in [4.69, 9.17) is 10.2 Å². The third kappa shape index (κ3) is 4.01. The van der Waals surface area contributed by atoms with Crippen LogP contribution in [0, 0.1) is 6.92 Å². The molecule has 1 aromatic carbocycles. The predicted molar refractivity (Wildman–Crippen MR) is 69.5 cm³/mol. The number of nitrogens with one attached hydrogen (secondary N) is 2. The Balaban J connectivity index is 2.70. The molecule has 0 aromatic heterocycles. The minimum absolute atomic E-state index is 0.559. The Morgan fingerprint density at radius 1 is 1.44 bits per heavy atom. The zero-order valence-electron chi connectivity index (χ0n) is 9.61. The summed E-state index contributed by atoms with van der Waals surface area (Å²) < 4.78 is 0.792. The molecule has 0 radical (unpaired) electrons. The molecule has 6 nitrogen and oxygen atoms in total. The summed E-state index contributed by atoms with van der Waals surface area (Å²) in [7, 11) is 0. The van der Waals surface area contributed by atoms with Crippen LogP contribution in [0.2, 0.25) is 0 Å². The fourth-order valence-corrected chi connectivity index (χ4v) is 1.59. The number of urea groups is 1. The molecule has 1 atom stereocenters. The third-order valence-corrected chi connectivity index (χ3v) is 2.73. The number of hydrogen-bond donors (Lipinski definition) is 4. The summed E-state index contributed by atoms with van der Waals surface area (Å²) in [6.45, 7) is 1.14. The summed E-state index contributed by atoms with van der Waals surface area (Å²) >= 11 is 3.27. The van der Waals surface area contributed by atoms with E-state index in [1.807, 2.05) is 13.0 Å². The first-order valence-electron chi connectivity index (χ1n) is 5.11. The molecule has 18 heavy (non-hydrogen) atoms. The number of anilines is 1. The van der Waals surface area contributed by atoms with E-state index in [0.717, 1.165) is 10.0 Å². The first kappa shape index (κ1) is 14.5. The van der Waals surface area contributed by atoms with Crippen molar-refractivity contribution in [3.63, 3.8) is 0 Å². The van der Waals surface area contributed by atoms with Gasteiger partial charge in [-0.05, 0) is 24.6 Å². The van der Waals surface area contributed by atoms with Gasteiger partial charge in [0.25, 0.3) is 0 Å². The van der Waals surface area contributed by atoms with Crippen LogP contribution < -0.4 is 10.6 Å². The smallest absolute Gasteiger partial charge is 0.328 e. The van der Waals surface area contributed by atoms with Gasteiger partial charge in [0, 0.05) is 10.2 Å². The van der Waals surface area contributed by atoms with Crippen LogP contribution in [-0.4, -0.2) is 34.9 Å². The summed E-state index contributed by atoms with van der Waals surface area (Å²) in [6.07, 6.45) is 0. The number of halogens is 1. The zero-order valence-corrected chi connectivity index (χ0v) is 11.2. The van der Waals surface area contributed by atoms with E-state index in [2.05, 4.69) is 26.6 Å². The van der Waals surface area contributed by atoms with Gasteiger partial charge in [-0.3, -0.25) is 0 Å². The molecule has 7 heteroatoms. The molecule has 0 bridgehead atoms. The van der Waals surface area contributed by atoms with E-state index in [1.165, 1.54) is 0 Å². The van der Waals surface area contributed by atoms with Crippen LogP contribution >= 0.6 is 15.9 Å². The van der Waals surface area contributed by atoms with Gasteiger partial charge in [0.05, 0.1) is 6.61 Å². The molecule has 0 fully saturated rings. The second-order valence-electron chi connectivity index (χ2n) is 3.63. The standard InChI is InChI=1S/C11H13BrN2O4/c1-6-2-3-7(12)4-8(6)13-11(18)14-9(5-15)10(16)17/h2-4,9,15H,5H2,1H3,(H,16,17)(H2,13,14,18)/t9-/m0/s1. The number of aliphatic hydroxyl groups excluding tert-OH is 1. The zero-order chi connectivity index (χ0) is 13.7. The van der Waals surface area contributed by atoms with Crippen molar-refractivity contribution >= 4 is 33.6 Å². The first-order valence-corrected chi connectivity index (χ1v) is 5.90. The van der Waals surface area contributed by atoms with Crippen LogP contribution in [0.3, 0.4) is 0 Å². The minimum Gasteiger partial charge on any atom is -0.480 e. The average molecular weight is 317 g/mol. The summed E-state index contributed by atoms with van der Waals surface area (Å²) in [4.78, 5) is 22.2. The normalized spacial score (nSPS) is 11.7. The number of aliphatic hydroxyl groups is 1. The van der Waals surface area contributed by atoms with Crippen LogP contribution in [0.4, 0.5) is 10.5 Å². The Labute approximate surface area is 112 Å². The molecule has 0 aliphatic heterocycles. The van der Waals surface area contributed by atoms with Gasteiger partial charge in [0.15, 0.2) is 6.04 Å². The second-order valence-corrected chi connectivity index (χ2v) is 4.55. The van der Waals surface area contributed by atoms with Crippen molar-refractivity contribution in [1.82, 2.24) is 5.32 Å². The number of carbonyl (C=O) groups is 2. The van der Waals surface area contributed by atoms with Crippen molar-refractivity contribution in [1.29, 1.82) is 0 Å². The van der Waals surface area contributed by atoms with E-state index in [1.54, 1.807) is 12.1 Å². The van der Waals surface area contributed by atoms with Gasteiger partial charge in [-0.1, -0.05) is 22.0 Å². The van der Waals surface area contributed by atoms with Gasteiger partial charge in [0.1, 0.15) is 0 Å². The minimum atomic E-state index is -1.32. The van der Waals surface area contributed by atoms with Gasteiger partial charge in [-0.25, -0.2) is 9.59 Å². The van der Waals surface area contributed by atoms with Crippen LogP contribution in [0.5, 0.6) is 0 Å². The van der Waals surface area contributed by atoms with Gasteiger partial charge in [0.2, 0.25) is 0 Å². The summed E-state index contributed by atoms with van der Waals surface area (Å²) in [5, 5.41) is 22.1. The first-order chi connectivity index (χ1) is 8.43. The SMILES string of the molecule is Cc1ccc(Br)cc1NC(=O)N[C@@H](CO)C(=O)O. The molecular weight excluding hydrogens is 304 g/mol. The Kier molecular flexibility index (Phi) is 5.11. The largest absolute Gasteiger partial charge is 0.480 e. The maximum atomic E-state index is 11.5. The van der Waals surface area contributed by atoms with Crippen LogP contribution in [0.25, 0.3) is 0 Å². The van der Waals surface area contributed by atoms with Gasteiger partial charge in [-0.15, -0.1) is 0 Å². The molecule has 98 valence electrons. The van der Waals surface area contributed by atoms with E-state index < -0.39 is 24.6 Å². The van der Waals surface area contributed by atoms with E-state index >= 15 is 0 Å². The highest BCUT2D eigenvalue weighted by Gasteiger charge is 2.18. The van der Waals surface area contributed by atoms with Gasteiger partial charge in [-0.2, -0.15) is 0 Å². The van der Waals surface area contributed by atoms with Crippen molar-refractivity contribution in [3.05, 3.63) is 28.2 Å². The maximum absolute atomic E-state index is 11.5. The molecule has 0 saturated carbocycles. The number of aryl methyl sites for hydroxylation is 1. The number of carboxylic acids is 1. The highest BCUT2D eigenvalue weighted by molar-refractivity contribution is 9.10. The highest BCUT2D eigenvalue weighted by atomic mass is 79.9. The molecule has 0 spiro atoms. The number of benzene rings is 1. The lowest BCUT2D eigenvalue weighted by Gasteiger charge is -2.14. The van der Waals surface area contributed by atoms with Crippen molar-refractivity contribution < 1.29 is 19.8 Å². The van der Waals surface area contributed by atoms with Crippen molar-refractivity contribution in [2.75, 3.05) is 11.9 Å². The number of amides is 2. The topological polar surface area (TPSA) is 98.7 Å². The van der Waals surface area contributed by atoms with Crippen LogP contribution in [0.1, 0.15) is 5.56 Å². The second kappa shape index (κ2) is 6.36. The lowest BCUT2D eigenvalue weighted by atomic mass is 10.2. The fraction of sp³-hybridized carbons (Fsp3) is 0.273. The average Bonchev–Trinajstić information content (AvgIpc) is 2.30. The van der Waals surface area contributed by atoms with E-state index in [-0.39, 0.29) is 0 Å². The Morgan fingerprint density at radius 2 is 2.11 bits per heavy atom. The molecule has 1 aromatic rings. The van der Waals surface area contributed by atoms with Crippen molar-refractivity contribution in [3.8, 4) is 0 Å². The van der Waals surface area contributed by atoms with Crippen LogP contribution in [0.15, 0.2) is 22.7 Å². The van der Waals surface area contributed by atoms with Gasteiger partial charge >= 0.3 is 12.0 Å². The third-order valence-electron chi connectivity index (χ3n) is 2.23. The predicted octanol–water partition coefficient (Wildman–Crippen LogP) is 1.32. The Morgan fingerprint density at radius 3 is 2.67 bits per heavy atom. The van der Waals surface area contributed by atoms with E-state index in [9.17, 15) is 9.59 Å². The van der Waals surface area contributed by atoms with Crippen LogP contribution in [-0.2, 0) is 4.79 Å². The number of carboxylic acid groups (broad SMARTS) is 1. The summed E-state index contributed by atoms with van der Waals surface area (Å²) in [5.41, 5.74) is 1.40. The summed E-state index contributed by atoms with van der Waals surface area (Å²) in [6, 6.07) is 3.33. The number of aliphatic carboxylic acids is 1. The lowest BCUT2D eigenvalue weighted by Crippen LogP contribution is -2.45. The summed E-state index contributed by atoms with van der Waals surface area (Å²) in [5.74, 6) is -1.29. The molecule has 0 unspecified atom stereocenters. The fourth-order valence-electron chi connectivity index (χ4n) is 1.23. The van der Waals surface area contributed by atoms with Gasteiger partial charge < -0.3 is 20.8 Å². The number of hydrogen-bond acceptors (Lipinski definition) is 3. The molecule has 2 amide bonds. The molecule has 0 heterocycles. The van der Waals surface area contributed by atoms with Crippen molar-refractivity contribution in [2.45, 2.75) is 13.0 Å². The molecular formula is C11H13BrN2O4. The number of rotatable bonds is 4. The molecule has 0 saturated heterocycles. The maximum Gasteiger partial charge on any atom is 0.328 e.